The van der Waals surface area contributed by atoms with E-state index < -0.39 is 0 Å². The zero-order chi connectivity index (χ0) is 18.6. The minimum Gasteiger partial charge on any atom is -0.493 e. The van der Waals surface area contributed by atoms with Gasteiger partial charge in [-0.3, -0.25) is 4.79 Å². The lowest BCUT2D eigenvalue weighted by molar-refractivity contribution is -0.123. The van der Waals surface area contributed by atoms with Crippen molar-refractivity contribution in [3.63, 3.8) is 0 Å². The van der Waals surface area contributed by atoms with Crippen LogP contribution in [-0.4, -0.2) is 22.1 Å². The Morgan fingerprint density at radius 3 is 2.89 bits per heavy atom. The molecule has 1 aromatic heterocycles. The number of hydrogen-bond acceptors (Lipinski definition) is 3. The maximum atomic E-state index is 13.0. The summed E-state index contributed by atoms with van der Waals surface area (Å²) in [6, 6.07) is 16.0. The number of carbonyl (C=O) groups is 1. The molecule has 2 aliphatic rings. The summed E-state index contributed by atoms with van der Waals surface area (Å²) < 4.78 is 7.84. The molecule has 5 rings (SSSR count). The number of amides is 1. The first-order valence-electron chi connectivity index (χ1n) is 9.54. The van der Waals surface area contributed by atoms with Crippen molar-refractivity contribution in [3.8, 4) is 5.75 Å². The van der Waals surface area contributed by atoms with Gasteiger partial charge >= 0.3 is 0 Å². The molecule has 3 atom stereocenters. The quantitative estimate of drug-likeness (QED) is 0.777. The number of para-hydroxylation sites is 3. The number of hydrogen-bond donors (Lipinski definition) is 1. The third-order valence-electron chi connectivity index (χ3n) is 6.19. The predicted molar refractivity (Wildman–Crippen MR) is 104 cm³/mol. The van der Waals surface area contributed by atoms with Crippen LogP contribution < -0.4 is 10.1 Å². The van der Waals surface area contributed by atoms with Crippen molar-refractivity contribution < 1.29 is 9.53 Å². The molecule has 5 nitrogen and oxygen atoms in total. The zero-order valence-corrected chi connectivity index (χ0v) is 15.6. The molecule has 2 aromatic carbocycles. The minimum absolute atomic E-state index is 0.0136. The van der Waals surface area contributed by atoms with Crippen LogP contribution in [0, 0.1) is 5.92 Å². The Bertz CT molecular complexity index is 1040. The van der Waals surface area contributed by atoms with E-state index in [0.29, 0.717) is 6.61 Å². The summed E-state index contributed by atoms with van der Waals surface area (Å²) >= 11 is 0. The molecule has 138 valence electrons. The molecular formula is C22H23N3O2. The van der Waals surface area contributed by atoms with E-state index in [2.05, 4.69) is 22.0 Å². The van der Waals surface area contributed by atoms with Gasteiger partial charge in [-0.05, 0) is 38.0 Å². The monoisotopic (exact) mass is 361 g/mol. The zero-order valence-electron chi connectivity index (χ0n) is 15.6. The summed E-state index contributed by atoms with van der Waals surface area (Å²) in [5.74, 6) is 1.94. The number of aryl methyl sites for hydroxylation is 1. The summed E-state index contributed by atoms with van der Waals surface area (Å²) in [6.07, 6.45) is 1.80. The summed E-state index contributed by atoms with van der Waals surface area (Å²) in [4.78, 5) is 17.7. The molecule has 0 unspecified atom stereocenters. The van der Waals surface area contributed by atoms with E-state index >= 15 is 0 Å². The first-order valence-corrected chi connectivity index (χ1v) is 9.54. The van der Waals surface area contributed by atoms with Crippen molar-refractivity contribution in [2.45, 2.75) is 31.2 Å². The van der Waals surface area contributed by atoms with Crippen molar-refractivity contribution >= 4 is 16.9 Å². The third kappa shape index (κ3) is 2.45. The predicted octanol–water partition coefficient (Wildman–Crippen LogP) is 3.49. The van der Waals surface area contributed by atoms with Crippen LogP contribution in [0.3, 0.4) is 0 Å². The highest BCUT2D eigenvalue weighted by molar-refractivity contribution is 5.85. The molecule has 1 spiro atoms. The number of aromatic nitrogens is 2. The second-order valence-corrected chi connectivity index (χ2v) is 7.76. The minimum atomic E-state index is -0.136. The number of fused-ring (bicyclic) bond motifs is 3. The van der Waals surface area contributed by atoms with Crippen LogP contribution in [0.2, 0.25) is 0 Å². The number of ether oxygens (including phenoxy) is 1. The standard InChI is InChI=1S/C22H23N3O2/c1-14(20-24-17-8-4-5-9-18(17)25(20)2)23-21(26)16-13-22(16)11-12-27-19-10-6-3-7-15(19)22/h3-10,14,16H,11-13H2,1-2H3,(H,23,26)/t14-,16-,22-/m0/s1. The molecule has 5 heteroatoms. The smallest absolute Gasteiger partial charge is 0.224 e. The largest absolute Gasteiger partial charge is 0.493 e. The number of carbonyl (C=O) groups excluding carboxylic acids is 1. The van der Waals surface area contributed by atoms with Gasteiger partial charge in [0.25, 0.3) is 0 Å². The van der Waals surface area contributed by atoms with Gasteiger partial charge in [-0.1, -0.05) is 30.3 Å². The number of nitrogens with one attached hydrogen (secondary N) is 1. The Labute approximate surface area is 158 Å². The van der Waals surface area contributed by atoms with E-state index in [1.165, 1.54) is 5.56 Å². The summed E-state index contributed by atoms with van der Waals surface area (Å²) in [6.45, 7) is 2.69. The van der Waals surface area contributed by atoms with Crippen LogP contribution in [0.1, 0.15) is 37.2 Å². The van der Waals surface area contributed by atoms with Crippen LogP contribution in [0.5, 0.6) is 5.75 Å². The maximum Gasteiger partial charge on any atom is 0.224 e. The van der Waals surface area contributed by atoms with Crippen LogP contribution in [-0.2, 0) is 17.3 Å². The van der Waals surface area contributed by atoms with Gasteiger partial charge in [-0.2, -0.15) is 0 Å². The van der Waals surface area contributed by atoms with Gasteiger partial charge in [0.05, 0.1) is 23.7 Å². The number of nitrogens with zero attached hydrogens (tertiary/aromatic N) is 2. The van der Waals surface area contributed by atoms with Crippen LogP contribution >= 0.6 is 0 Å². The fraction of sp³-hybridized carbons (Fsp3) is 0.364. The van der Waals surface area contributed by atoms with Crippen molar-refractivity contribution in [2.24, 2.45) is 13.0 Å². The first-order chi connectivity index (χ1) is 13.1. The molecule has 3 aromatic rings. The van der Waals surface area contributed by atoms with Crippen LogP contribution in [0.4, 0.5) is 0 Å². The average molecular weight is 361 g/mol. The number of benzene rings is 2. The fourth-order valence-corrected chi connectivity index (χ4v) is 4.63. The van der Waals surface area contributed by atoms with E-state index in [0.717, 1.165) is 35.4 Å². The Morgan fingerprint density at radius 1 is 1.26 bits per heavy atom. The number of imidazole rings is 1. The van der Waals surface area contributed by atoms with Crippen LogP contribution in [0.25, 0.3) is 11.0 Å². The van der Waals surface area contributed by atoms with E-state index in [-0.39, 0.29) is 23.3 Å². The van der Waals surface area contributed by atoms with E-state index in [1.807, 2.05) is 50.4 Å². The molecule has 27 heavy (non-hydrogen) atoms. The highest BCUT2D eigenvalue weighted by Crippen LogP contribution is 2.60. The molecule has 1 amide bonds. The lowest BCUT2D eigenvalue weighted by Gasteiger charge is -2.27. The normalized spacial score (nSPS) is 24.3. The van der Waals surface area contributed by atoms with E-state index in [4.69, 9.17) is 9.72 Å². The Morgan fingerprint density at radius 2 is 2.04 bits per heavy atom. The lowest BCUT2D eigenvalue weighted by Crippen LogP contribution is -2.33. The second-order valence-electron chi connectivity index (χ2n) is 7.76. The SMILES string of the molecule is C[C@H](NC(=O)[C@@H]1C[C@]12CCOc1ccccc12)c1nc2ccccc2n1C. The highest BCUT2D eigenvalue weighted by Gasteiger charge is 2.61. The van der Waals surface area contributed by atoms with Gasteiger partial charge in [-0.25, -0.2) is 4.98 Å². The second kappa shape index (κ2) is 5.84. The van der Waals surface area contributed by atoms with Crippen molar-refractivity contribution in [1.82, 2.24) is 14.9 Å². The fourth-order valence-electron chi connectivity index (χ4n) is 4.63. The van der Waals surface area contributed by atoms with Gasteiger partial charge in [0, 0.05) is 23.9 Å². The van der Waals surface area contributed by atoms with Crippen molar-refractivity contribution in [3.05, 3.63) is 59.9 Å². The maximum absolute atomic E-state index is 13.0. The molecule has 1 fully saturated rings. The molecule has 0 radical (unpaired) electrons. The summed E-state index contributed by atoms with van der Waals surface area (Å²) in [5, 5.41) is 3.20. The van der Waals surface area contributed by atoms with Gasteiger partial charge in [0.1, 0.15) is 11.6 Å². The van der Waals surface area contributed by atoms with Crippen molar-refractivity contribution in [2.75, 3.05) is 6.61 Å². The topological polar surface area (TPSA) is 56.1 Å². The molecule has 0 bridgehead atoms. The molecule has 1 aliphatic carbocycles. The summed E-state index contributed by atoms with van der Waals surface area (Å²) in [7, 11) is 2.00. The first kappa shape index (κ1) is 16.4. The van der Waals surface area contributed by atoms with Crippen LogP contribution in [0.15, 0.2) is 48.5 Å². The molecule has 0 saturated heterocycles. The molecular weight excluding hydrogens is 338 g/mol. The van der Waals surface area contributed by atoms with Gasteiger partial charge in [0.2, 0.25) is 5.91 Å². The number of rotatable bonds is 3. The van der Waals surface area contributed by atoms with Gasteiger partial charge in [-0.15, -0.1) is 0 Å². The van der Waals surface area contributed by atoms with Crippen molar-refractivity contribution in [1.29, 1.82) is 0 Å². The Hall–Kier alpha value is -2.82. The molecule has 1 N–H and O–H groups in total. The Balaban J connectivity index is 1.37. The molecule has 1 saturated carbocycles. The molecule has 1 aliphatic heterocycles. The summed E-state index contributed by atoms with van der Waals surface area (Å²) in [5.41, 5.74) is 3.17. The third-order valence-corrected chi connectivity index (χ3v) is 6.19. The average Bonchev–Trinajstić information content (AvgIpc) is 3.30. The highest BCUT2D eigenvalue weighted by atomic mass is 16.5. The molecule has 2 heterocycles. The lowest BCUT2D eigenvalue weighted by atomic mass is 9.87. The Kier molecular flexibility index (Phi) is 3.54. The van der Waals surface area contributed by atoms with Gasteiger partial charge in [0.15, 0.2) is 0 Å². The van der Waals surface area contributed by atoms with E-state index in [9.17, 15) is 4.79 Å². The van der Waals surface area contributed by atoms with Gasteiger partial charge < -0.3 is 14.6 Å². The van der Waals surface area contributed by atoms with E-state index in [1.54, 1.807) is 0 Å².